The van der Waals surface area contributed by atoms with Crippen molar-refractivity contribution in [3.8, 4) is 0 Å². The highest BCUT2D eigenvalue weighted by atomic mass is 79.9. The molecule has 4 N–H and O–H groups in total. The molecule has 16 heavy (non-hydrogen) atoms. The summed E-state index contributed by atoms with van der Waals surface area (Å²) < 4.78 is 0. The summed E-state index contributed by atoms with van der Waals surface area (Å²) in [4.78, 5) is 4.26. The average Bonchev–Trinajstić information content (AvgIpc) is 2.20. The molecule has 0 aliphatic rings. The quantitative estimate of drug-likeness (QED) is 0.387. The molecule has 0 aliphatic carbocycles. The van der Waals surface area contributed by atoms with Gasteiger partial charge in [0.15, 0.2) is 5.17 Å². The number of halogens is 2. The van der Waals surface area contributed by atoms with Crippen LogP contribution >= 0.6 is 45.7 Å². The summed E-state index contributed by atoms with van der Waals surface area (Å²) in [5.41, 5.74) is 11.0. The highest BCUT2D eigenvalue weighted by molar-refractivity contribution is 8.93. The number of thioether (sulfide) groups is 1. The predicted octanol–water partition coefficient (Wildman–Crippen LogP) is 3.12. The van der Waals surface area contributed by atoms with Crippen LogP contribution in [0.3, 0.4) is 0 Å². The Kier molecular flexibility index (Phi) is 24.9. The molecule has 0 amide bonds. The lowest BCUT2D eigenvalue weighted by molar-refractivity contribution is 0.639. The Morgan fingerprint density at radius 1 is 1.12 bits per heavy atom. The number of unbranched alkanes of at least 4 members (excludes halogenated alkanes) is 4. The third-order valence-electron chi connectivity index (χ3n) is 1.90. The van der Waals surface area contributed by atoms with E-state index < -0.39 is 0 Å². The molecule has 0 aromatic rings. The van der Waals surface area contributed by atoms with Crippen LogP contribution in [0.4, 0.5) is 0 Å². The van der Waals surface area contributed by atoms with Crippen molar-refractivity contribution in [3.63, 3.8) is 0 Å². The van der Waals surface area contributed by atoms with Gasteiger partial charge in [-0.15, -0.1) is 34.0 Å². The van der Waals surface area contributed by atoms with E-state index in [0.29, 0.717) is 11.7 Å². The van der Waals surface area contributed by atoms with Crippen molar-refractivity contribution in [2.24, 2.45) is 16.5 Å². The third-order valence-corrected chi connectivity index (χ3v) is 2.76. The first-order valence-electron chi connectivity index (χ1n) is 5.44. The van der Waals surface area contributed by atoms with E-state index in [9.17, 15) is 0 Å². The van der Waals surface area contributed by atoms with Crippen molar-refractivity contribution >= 4 is 50.9 Å². The molecule has 0 saturated carbocycles. The second kappa shape index (κ2) is 18.1. The van der Waals surface area contributed by atoms with Gasteiger partial charge in [0, 0.05) is 18.8 Å². The minimum atomic E-state index is 0. The molecule has 0 aromatic heterocycles. The van der Waals surface area contributed by atoms with Gasteiger partial charge >= 0.3 is 0 Å². The number of amidine groups is 1. The number of nitrogens with zero attached hydrogens (tertiary/aromatic N) is 1. The molecule has 0 bridgehead atoms. The lowest BCUT2D eigenvalue weighted by atomic mass is 10.2. The van der Waals surface area contributed by atoms with Crippen molar-refractivity contribution in [2.75, 3.05) is 18.8 Å². The Bertz CT molecular complexity index is 157. The van der Waals surface area contributed by atoms with Crippen LogP contribution in [-0.2, 0) is 0 Å². The first kappa shape index (κ1) is 22.0. The first-order valence-corrected chi connectivity index (χ1v) is 6.42. The fourth-order valence-corrected chi connectivity index (χ4v) is 1.62. The lowest BCUT2D eigenvalue weighted by Gasteiger charge is -1.99. The van der Waals surface area contributed by atoms with Crippen LogP contribution in [0.25, 0.3) is 0 Å². The van der Waals surface area contributed by atoms with Gasteiger partial charge < -0.3 is 11.5 Å². The van der Waals surface area contributed by atoms with Crippen molar-refractivity contribution < 1.29 is 0 Å². The maximum Gasteiger partial charge on any atom is 0.153 e. The van der Waals surface area contributed by atoms with E-state index in [1.807, 2.05) is 0 Å². The zero-order valence-corrected chi connectivity index (χ0v) is 14.2. The molecule has 100 valence electrons. The van der Waals surface area contributed by atoms with Crippen molar-refractivity contribution in [3.05, 3.63) is 0 Å². The lowest BCUT2D eigenvalue weighted by Crippen LogP contribution is -2.11. The molecule has 0 heterocycles. The van der Waals surface area contributed by atoms with Gasteiger partial charge in [0.1, 0.15) is 0 Å². The molecule has 0 saturated heterocycles. The highest BCUT2D eigenvalue weighted by Crippen LogP contribution is 2.03. The van der Waals surface area contributed by atoms with Crippen LogP contribution in [0.15, 0.2) is 4.99 Å². The Hall–Kier alpha value is 0.740. The minimum Gasteiger partial charge on any atom is -0.379 e. The number of rotatable bonds is 8. The van der Waals surface area contributed by atoms with E-state index >= 15 is 0 Å². The van der Waals surface area contributed by atoms with E-state index in [1.165, 1.54) is 25.7 Å². The predicted molar refractivity (Wildman–Crippen MR) is 87.4 cm³/mol. The summed E-state index contributed by atoms with van der Waals surface area (Å²) in [6, 6.07) is 0. The first-order chi connectivity index (χ1) is 6.81. The second-order valence-corrected chi connectivity index (χ2v) is 4.39. The smallest absolute Gasteiger partial charge is 0.153 e. The maximum atomic E-state index is 5.66. The van der Waals surface area contributed by atoms with Gasteiger partial charge in [0.2, 0.25) is 0 Å². The number of hydrogen-bond donors (Lipinski definition) is 2. The minimum absolute atomic E-state index is 0. The summed E-state index contributed by atoms with van der Waals surface area (Å²) in [6.07, 6.45) is 6.37. The summed E-state index contributed by atoms with van der Waals surface area (Å²) >= 11 is 1.55. The molecule has 0 aromatic carbocycles. The van der Waals surface area contributed by atoms with E-state index in [1.54, 1.807) is 11.8 Å². The molecule has 0 radical (unpaired) electrons. The second-order valence-electron chi connectivity index (χ2n) is 3.27. The molecule has 6 heteroatoms. The van der Waals surface area contributed by atoms with Gasteiger partial charge in [-0.3, -0.25) is 4.99 Å². The largest absolute Gasteiger partial charge is 0.379 e. The van der Waals surface area contributed by atoms with Gasteiger partial charge in [-0.1, -0.05) is 44.4 Å². The Balaban J connectivity index is -0.000000845. The van der Waals surface area contributed by atoms with Crippen LogP contribution in [0, 0.1) is 0 Å². The van der Waals surface area contributed by atoms with Crippen LogP contribution in [0.5, 0.6) is 0 Å². The third kappa shape index (κ3) is 17.1. The molecular formula is C10H25Br2N3S. The Morgan fingerprint density at radius 3 is 2.31 bits per heavy atom. The zero-order valence-electron chi connectivity index (χ0n) is 9.98. The maximum absolute atomic E-state index is 5.66. The standard InChI is InChI=1S/C10H23N3S.2BrH/c1-2-3-4-5-6-8-13-10(12)14-9-7-11;;/h2-9,11H2,1H3,(H2,12,13);2*1H. The normalized spacial score (nSPS) is 10.5. The van der Waals surface area contributed by atoms with E-state index in [-0.39, 0.29) is 34.0 Å². The molecule has 0 rings (SSSR count). The summed E-state index contributed by atoms with van der Waals surface area (Å²) in [5.74, 6) is 0.866. The number of aliphatic imine (C=N–C) groups is 1. The van der Waals surface area contributed by atoms with Crippen molar-refractivity contribution in [1.29, 1.82) is 0 Å². The van der Waals surface area contributed by atoms with Crippen LogP contribution in [0.2, 0.25) is 0 Å². The SMILES string of the molecule is Br.Br.CCCCCCCN=C(N)SCCN. The zero-order chi connectivity index (χ0) is 10.6. The van der Waals surface area contributed by atoms with Gasteiger partial charge in [-0.2, -0.15) is 0 Å². The van der Waals surface area contributed by atoms with Gasteiger partial charge in [-0.05, 0) is 6.42 Å². The van der Waals surface area contributed by atoms with Crippen molar-refractivity contribution in [2.45, 2.75) is 39.0 Å². The number of nitrogens with two attached hydrogens (primary N) is 2. The molecule has 3 nitrogen and oxygen atoms in total. The van der Waals surface area contributed by atoms with E-state index in [4.69, 9.17) is 11.5 Å². The van der Waals surface area contributed by atoms with Crippen molar-refractivity contribution in [1.82, 2.24) is 0 Å². The van der Waals surface area contributed by atoms with Crippen LogP contribution in [-0.4, -0.2) is 24.0 Å². The highest BCUT2D eigenvalue weighted by Gasteiger charge is 1.92. The Labute approximate surface area is 125 Å². The molecule has 0 aliphatic heterocycles. The van der Waals surface area contributed by atoms with Gasteiger partial charge in [-0.25, -0.2) is 0 Å². The summed E-state index contributed by atoms with van der Waals surface area (Å²) in [5, 5.41) is 0.686. The average molecular weight is 379 g/mol. The molecular weight excluding hydrogens is 354 g/mol. The van der Waals surface area contributed by atoms with E-state index in [2.05, 4.69) is 11.9 Å². The van der Waals surface area contributed by atoms with Crippen LogP contribution < -0.4 is 11.5 Å². The Morgan fingerprint density at radius 2 is 1.75 bits per heavy atom. The molecule has 0 spiro atoms. The molecule has 0 atom stereocenters. The summed E-state index contributed by atoms with van der Waals surface area (Å²) in [7, 11) is 0. The topological polar surface area (TPSA) is 64.4 Å². The fourth-order valence-electron chi connectivity index (χ4n) is 1.11. The fraction of sp³-hybridized carbons (Fsp3) is 0.900. The number of hydrogen-bond acceptors (Lipinski definition) is 3. The monoisotopic (exact) mass is 377 g/mol. The summed E-state index contributed by atoms with van der Waals surface area (Å²) in [6.45, 7) is 3.75. The van der Waals surface area contributed by atoms with Crippen LogP contribution in [0.1, 0.15) is 39.0 Å². The van der Waals surface area contributed by atoms with Gasteiger partial charge in [0.05, 0.1) is 0 Å². The molecule has 0 unspecified atom stereocenters. The molecule has 0 fully saturated rings. The van der Waals surface area contributed by atoms with E-state index in [0.717, 1.165) is 18.7 Å². The van der Waals surface area contributed by atoms with Gasteiger partial charge in [0.25, 0.3) is 0 Å².